The van der Waals surface area contributed by atoms with Crippen LogP contribution in [0.1, 0.15) is 6.92 Å². The molecule has 3 aromatic carbocycles. The van der Waals surface area contributed by atoms with Gasteiger partial charge in [0.15, 0.2) is 21.4 Å². The summed E-state index contributed by atoms with van der Waals surface area (Å²) in [6, 6.07) is 10.4. The Morgan fingerprint density at radius 1 is 0.848 bits per heavy atom. The summed E-state index contributed by atoms with van der Waals surface area (Å²) in [5, 5.41) is 0.438. The largest absolute Gasteiger partial charge is 0.454 e. The molecule has 1 aromatic heterocycles. The lowest BCUT2D eigenvalue weighted by molar-refractivity contribution is 0.438. The van der Waals surface area contributed by atoms with E-state index in [-0.39, 0.29) is 44.0 Å². The van der Waals surface area contributed by atoms with Crippen LogP contribution in [0.2, 0.25) is 0 Å². The number of sulfone groups is 1. The summed E-state index contributed by atoms with van der Waals surface area (Å²) in [5.41, 5.74) is 0.120. The highest BCUT2D eigenvalue weighted by Crippen LogP contribution is 2.39. The van der Waals surface area contributed by atoms with E-state index in [0.29, 0.717) is 11.6 Å². The fourth-order valence-corrected chi connectivity index (χ4v) is 4.40. The lowest BCUT2D eigenvalue weighted by atomic mass is 9.99. The Labute approximate surface area is 187 Å². The van der Waals surface area contributed by atoms with Gasteiger partial charge in [-0.3, -0.25) is 4.79 Å². The number of rotatable bonds is 5. The number of pyridine rings is 1. The monoisotopic (exact) mass is 473 g/mol. The van der Waals surface area contributed by atoms with Gasteiger partial charge in [-0.15, -0.1) is 0 Å². The van der Waals surface area contributed by atoms with Gasteiger partial charge in [-0.1, -0.05) is 6.92 Å². The molecular weight excluding hydrogens is 455 g/mol. The van der Waals surface area contributed by atoms with E-state index in [9.17, 15) is 26.4 Å². The molecule has 0 saturated carbocycles. The fraction of sp³-hybridized carbons (Fsp3) is 0.125. The molecule has 0 bridgehead atoms. The number of hydrogen-bond acceptors (Lipinski definition) is 4. The Bertz CT molecular complexity index is 1560. The molecule has 0 spiro atoms. The predicted octanol–water partition coefficient (Wildman–Crippen LogP) is 5.21. The zero-order valence-electron chi connectivity index (χ0n) is 17.6. The smallest absolute Gasteiger partial charge is 0.258 e. The van der Waals surface area contributed by atoms with Crippen molar-refractivity contribution in [2.24, 2.45) is 7.05 Å². The van der Waals surface area contributed by atoms with Crippen molar-refractivity contribution in [1.82, 2.24) is 4.57 Å². The van der Waals surface area contributed by atoms with Crippen molar-refractivity contribution in [3.8, 4) is 22.6 Å². The number of aryl methyl sites for hydroxylation is 1. The van der Waals surface area contributed by atoms with Crippen LogP contribution in [-0.4, -0.2) is 18.7 Å². The van der Waals surface area contributed by atoms with Crippen molar-refractivity contribution < 1.29 is 26.3 Å². The van der Waals surface area contributed by atoms with Gasteiger partial charge >= 0.3 is 0 Å². The quantitative estimate of drug-likeness (QED) is 0.399. The Hall–Kier alpha value is -3.59. The van der Waals surface area contributed by atoms with Crippen molar-refractivity contribution >= 4 is 20.6 Å². The summed E-state index contributed by atoms with van der Waals surface area (Å²) in [5.74, 6) is -2.75. The normalized spacial score (nSPS) is 11.7. The molecule has 4 aromatic rings. The van der Waals surface area contributed by atoms with Crippen molar-refractivity contribution in [1.29, 1.82) is 0 Å². The van der Waals surface area contributed by atoms with E-state index in [0.717, 1.165) is 24.3 Å². The number of halogens is 3. The van der Waals surface area contributed by atoms with E-state index in [4.69, 9.17) is 4.74 Å². The van der Waals surface area contributed by atoms with Gasteiger partial charge in [0, 0.05) is 35.8 Å². The average Bonchev–Trinajstić information content (AvgIpc) is 2.78. The molecule has 0 atom stereocenters. The zero-order valence-corrected chi connectivity index (χ0v) is 18.4. The first-order valence-corrected chi connectivity index (χ1v) is 11.5. The second-order valence-corrected chi connectivity index (χ2v) is 9.67. The lowest BCUT2D eigenvalue weighted by Gasteiger charge is -2.16. The average molecular weight is 473 g/mol. The number of nitrogens with zero attached hydrogens (tertiary/aromatic N) is 1. The lowest BCUT2D eigenvalue weighted by Crippen LogP contribution is -2.16. The standard InChI is InChI=1S/C24H18F3NO4S/c1-3-33(30,31)16-6-9-22(32-23-8-5-15(26)11-21(23)27)19(12-16)20-13-28(2)24(29)17-7-4-14(25)10-18(17)20/h4-13H,3H2,1-2H3. The maximum absolute atomic E-state index is 14.3. The van der Waals surface area contributed by atoms with Gasteiger partial charge in [0.25, 0.3) is 5.56 Å². The molecule has 170 valence electrons. The van der Waals surface area contributed by atoms with Crippen LogP contribution in [-0.2, 0) is 16.9 Å². The molecule has 0 aliphatic rings. The Kier molecular flexibility index (Phi) is 5.75. The van der Waals surface area contributed by atoms with Gasteiger partial charge in [0.05, 0.1) is 10.6 Å². The van der Waals surface area contributed by atoms with E-state index < -0.39 is 27.3 Å². The molecular formula is C24H18F3NO4S. The molecule has 0 fully saturated rings. The summed E-state index contributed by atoms with van der Waals surface area (Å²) in [6.07, 6.45) is 1.43. The van der Waals surface area contributed by atoms with Crippen molar-refractivity contribution in [3.05, 3.63) is 88.6 Å². The molecule has 5 nitrogen and oxygen atoms in total. The number of aromatic nitrogens is 1. The number of benzene rings is 3. The van der Waals surface area contributed by atoms with E-state index in [1.54, 1.807) is 0 Å². The molecule has 0 amide bonds. The molecule has 0 N–H and O–H groups in total. The zero-order chi connectivity index (χ0) is 23.9. The molecule has 0 unspecified atom stereocenters. The second kappa shape index (κ2) is 8.40. The van der Waals surface area contributed by atoms with E-state index in [2.05, 4.69) is 0 Å². The molecule has 0 saturated heterocycles. The highest BCUT2D eigenvalue weighted by molar-refractivity contribution is 7.91. The van der Waals surface area contributed by atoms with Crippen molar-refractivity contribution in [3.63, 3.8) is 0 Å². The third-order valence-corrected chi connectivity index (χ3v) is 6.97. The number of hydrogen-bond donors (Lipinski definition) is 0. The molecule has 0 aliphatic heterocycles. The maximum Gasteiger partial charge on any atom is 0.258 e. The summed E-state index contributed by atoms with van der Waals surface area (Å²) in [7, 11) is -2.13. The van der Waals surface area contributed by atoms with Crippen LogP contribution in [0.25, 0.3) is 21.9 Å². The van der Waals surface area contributed by atoms with Crippen LogP contribution in [0.5, 0.6) is 11.5 Å². The van der Waals surface area contributed by atoms with Crippen LogP contribution >= 0.6 is 0 Å². The summed E-state index contributed by atoms with van der Waals surface area (Å²) in [6.45, 7) is 1.49. The third-order valence-electron chi connectivity index (χ3n) is 5.24. The summed E-state index contributed by atoms with van der Waals surface area (Å²) >= 11 is 0. The van der Waals surface area contributed by atoms with Gasteiger partial charge in [-0.25, -0.2) is 21.6 Å². The molecule has 9 heteroatoms. The predicted molar refractivity (Wildman–Crippen MR) is 119 cm³/mol. The van der Waals surface area contributed by atoms with E-state index >= 15 is 0 Å². The van der Waals surface area contributed by atoms with Gasteiger partial charge < -0.3 is 9.30 Å². The Balaban J connectivity index is 2.04. The van der Waals surface area contributed by atoms with Crippen molar-refractivity contribution in [2.45, 2.75) is 11.8 Å². The first-order chi connectivity index (χ1) is 15.6. The second-order valence-electron chi connectivity index (χ2n) is 7.39. The summed E-state index contributed by atoms with van der Waals surface area (Å²) < 4.78 is 73.7. The van der Waals surface area contributed by atoms with Crippen LogP contribution in [0, 0.1) is 17.5 Å². The topological polar surface area (TPSA) is 65.4 Å². The molecule has 1 heterocycles. The molecule has 0 radical (unpaired) electrons. The molecule has 0 aliphatic carbocycles. The van der Waals surface area contributed by atoms with Crippen LogP contribution in [0.4, 0.5) is 13.2 Å². The SMILES string of the molecule is CCS(=O)(=O)c1ccc(Oc2ccc(F)cc2F)c(-c2cn(C)c(=O)c3ccc(F)cc23)c1. The number of ether oxygens (including phenoxy) is 1. The molecule has 33 heavy (non-hydrogen) atoms. The van der Waals surface area contributed by atoms with Gasteiger partial charge in [0.1, 0.15) is 17.4 Å². The fourth-order valence-electron chi connectivity index (χ4n) is 3.50. The van der Waals surface area contributed by atoms with Crippen molar-refractivity contribution in [2.75, 3.05) is 5.75 Å². The van der Waals surface area contributed by atoms with Crippen LogP contribution in [0.15, 0.2) is 70.5 Å². The first-order valence-electron chi connectivity index (χ1n) is 9.89. The van der Waals surface area contributed by atoms with Crippen LogP contribution in [0.3, 0.4) is 0 Å². The van der Waals surface area contributed by atoms with Gasteiger partial charge in [-0.2, -0.15) is 0 Å². The summed E-state index contributed by atoms with van der Waals surface area (Å²) in [4.78, 5) is 12.6. The highest BCUT2D eigenvalue weighted by Gasteiger charge is 2.20. The van der Waals surface area contributed by atoms with Gasteiger partial charge in [0.2, 0.25) is 0 Å². The minimum atomic E-state index is -3.63. The highest BCUT2D eigenvalue weighted by atomic mass is 32.2. The third kappa shape index (κ3) is 4.23. The molecule has 4 rings (SSSR count). The Morgan fingerprint density at radius 3 is 2.21 bits per heavy atom. The van der Waals surface area contributed by atoms with Crippen LogP contribution < -0.4 is 10.3 Å². The maximum atomic E-state index is 14.3. The van der Waals surface area contributed by atoms with E-state index in [1.807, 2.05) is 0 Å². The Morgan fingerprint density at radius 2 is 1.52 bits per heavy atom. The van der Waals surface area contributed by atoms with E-state index in [1.165, 1.54) is 49.0 Å². The minimum Gasteiger partial charge on any atom is -0.454 e. The first kappa shape index (κ1) is 22.6. The van der Waals surface area contributed by atoms with Gasteiger partial charge in [-0.05, 0) is 53.9 Å². The minimum absolute atomic E-state index is 0.0228. The number of fused-ring (bicyclic) bond motifs is 1.